The van der Waals surface area contributed by atoms with E-state index < -0.39 is 5.97 Å². The largest absolute Gasteiger partial charge is 0.480 e. The normalized spacial score (nSPS) is 10.2. The van der Waals surface area contributed by atoms with Crippen LogP contribution in [0.3, 0.4) is 0 Å². The molecule has 0 bridgehead atoms. The molecule has 0 aliphatic carbocycles. The van der Waals surface area contributed by atoms with Crippen molar-refractivity contribution in [2.45, 2.75) is 0 Å². The second-order valence-electron chi connectivity index (χ2n) is 3.20. The average Bonchev–Trinajstić information content (AvgIpc) is 2.16. The highest BCUT2D eigenvalue weighted by Gasteiger charge is 2.13. The summed E-state index contributed by atoms with van der Waals surface area (Å²) in [6.07, 6.45) is 0. The quantitative estimate of drug-likeness (QED) is 0.850. The van der Waals surface area contributed by atoms with Crippen molar-refractivity contribution in [1.82, 2.24) is 0 Å². The zero-order chi connectivity index (χ0) is 12.1. The van der Waals surface area contributed by atoms with Gasteiger partial charge in [-0.15, -0.1) is 0 Å². The maximum atomic E-state index is 10.7. The number of carboxylic acid groups (broad SMARTS) is 1. The fourth-order valence-electron chi connectivity index (χ4n) is 1.34. The van der Waals surface area contributed by atoms with Crippen LogP contribution in [-0.2, 0) is 4.79 Å². The number of nitrogens with zero attached hydrogens (tertiary/aromatic N) is 1. The Morgan fingerprint density at radius 1 is 1.44 bits per heavy atom. The first-order chi connectivity index (χ1) is 7.54. The van der Waals surface area contributed by atoms with Gasteiger partial charge >= 0.3 is 5.97 Å². The molecule has 1 aromatic rings. The summed E-state index contributed by atoms with van der Waals surface area (Å²) in [7, 11) is 0. The molecule has 1 rings (SSSR count). The smallest absolute Gasteiger partial charge is 0.323 e. The highest BCUT2D eigenvalue weighted by molar-refractivity contribution is 6.36. The van der Waals surface area contributed by atoms with Crippen LogP contribution in [-0.4, -0.2) is 30.7 Å². The van der Waals surface area contributed by atoms with Crippen LogP contribution in [0.25, 0.3) is 0 Å². The summed E-state index contributed by atoms with van der Waals surface area (Å²) in [4.78, 5) is 12.3. The van der Waals surface area contributed by atoms with Gasteiger partial charge in [0.1, 0.15) is 6.54 Å². The second kappa shape index (κ2) is 5.94. The van der Waals surface area contributed by atoms with Crippen LogP contribution >= 0.6 is 23.2 Å². The molecule has 88 valence electrons. The molecular formula is C10H12Cl2N2O2. The van der Waals surface area contributed by atoms with Crippen molar-refractivity contribution in [3.8, 4) is 0 Å². The minimum Gasteiger partial charge on any atom is -0.480 e. The number of rotatable bonds is 5. The Morgan fingerprint density at radius 2 is 2.12 bits per heavy atom. The topological polar surface area (TPSA) is 66.6 Å². The molecule has 16 heavy (non-hydrogen) atoms. The zero-order valence-corrected chi connectivity index (χ0v) is 10.0. The predicted molar refractivity (Wildman–Crippen MR) is 65.4 cm³/mol. The summed E-state index contributed by atoms with van der Waals surface area (Å²) in [6, 6.07) is 4.92. The van der Waals surface area contributed by atoms with Gasteiger partial charge in [-0.1, -0.05) is 23.2 Å². The molecule has 0 aromatic heterocycles. The van der Waals surface area contributed by atoms with Crippen molar-refractivity contribution in [3.63, 3.8) is 0 Å². The number of carboxylic acids is 1. The van der Waals surface area contributed by atoms with Gasteiger partial charge in [0.25, 0.3) is 0 Å². The zero-order valence-electron chi connectivity index (χ0n) is 8.49. The molecule has 0 radical (unpaired) electrons. The van der Waals surface area contributed by atoms with Crippen molar-refractivity contribution in [2.75, 3.05) is 24.5 Å². The van der Waals surface area contributed by atoms with E-state index >= 15 is 0 Å². The van der Waals surface area contributed by atoms with Crippen molar-refractivity contribution in [2.24, 2.45) is 5.73 Å². The van der Waals surface area contributed by atoms with E-state index in [0.717, 1.165) is 0 Å². The monoisotopic (exact) mass is 262 g/mol. The molecule has 0 aliphatic heterocycles. The van der Waals surface area contributed by atoms with Gasteiger partial charge in [-0.2, -0.15) is 0 Å². The van der Waals surface area contributed by atoms with E-state index in [1.54, 1.807) is 23.1 Å². The molecule has 0 atom stereocenters. The second-order valence-corrected chi connectivity index (χ2v) is 4.04. The van der Waals surface area contributed by atoms with Gasteiger partial charge in [-0.25, -0.2) is 0 Å². The summed E-state index contributed by atoms with van der Waals surface area (Å²) < 4.78 is 0. The molecule has 6 heteroatoms. The maximum Gasteiger partial charge on any atom is 0.323 e. The molecule has 0 aliphatic rings. The lowest BCUT2D eigenvalue weighted by atomic mass is 10.2. The molecule has 0 heterocycles. The first-order valence-corrected chi connectivity index (χ1v) is 5.42. The minimum atomic E-state index is -0.931. The standard InChI is InChI=1S/C10H12Cl2N2O2/c11-7-1-2-9(8(12)5-7)14(4-3-13)6-10(15)16/h1-2,5H,3-4,6,13H2,(H,15,16). The number of carbonyl (C=O) groups is 1. The van der Waals surface area contributed by atoms with Crippen molar-refractivity contribution in [1.29, 1.82) is 0 Å². The van der Waals surface area contributed by atoms with Crippen LogP contribution in [0.4, 0.5) is 5.69 Å². The van der Waals surface area contributed by atoms with Crippen LogP contribution in [0.2, 0.25) is 10.0 Å². The Bertz CT molecular complexity index is 385. The maximum absolute atomic E-state index is 10.7. The number of hydrogen-bond acceptors (Lipinski definition) is 3. The predicted octanol–water partition coefficient (Wildman–Crippen LogP) is 1.84. The third-order valence-corrected chi connectivity index (χ3v) is 2.51. The Balaban J connectivity index is 2.95. The molecule has 0 unspecified atom stereocenters. The Kier molecular flexibility index (Phi) is 4.86. The van der Waals surface area contributed by atoms with E-state index in [2.05, 4.69) is 0 Å². The number of nitrogens with two attached hydrogens (primary N) is 1. The van der Waals surface area contributed by atoms with Crippen LogP contribution in [0.1, 0.15) is 0 Å². The van der Waals surface area contributed by atoms with Gasteiger partial charge in [0.05, 0.1) is 10.7 Å². The van der Waals surface area contributed by atoms with E-state index in [1.807, 2.05) is 0 Å². The first-order valence-electron chi connectivity index (χ1n) is 4.66. The van der Waals surface area contributed by atoms with Gasteiger partial charge in [0.2, 0.25) is 0 Å². The molecule has 1 aromatic carbocycles. The van der Waals surface area contributed by atoms with Gasteiger partial charge in [0.15, 0.2) is 0 Å². The third-order valence-electron chi connectivity index (χ3n) is 1.98. The van der Waals surface area contributed by atoms with E-state index in [1.165, 1.54) is 0 Å². The molecule has 0 spiro atoms. The van der Waals surface area contributed by atoms with E-state index in [4.69, 9.17) is 34.0 Å². The van der Waals surface area contributed by atoms with E-state index in [0.29, 0.717) is 28.8 Å². The van der Waals surface area contributed by atoms with Crippen molar-refractivity contribution < 1.29 is 9.90 Å². The summed E-state index contributed by atoms with van der Waals surface area (Å²) in [5, 5.41) is 9.70. The lowest BCUT2D eigenvalue weighted by Gasteiger charge is -2.23. The van der Waals surface area contributed by atoms with Crippen LogP contribution in [0.5, 0.6) is 0 Å². The number of benzene rings is 1. The minimum absolute atomic E-state index is 0.140. The lowest BCUT2D eigenvalue weighted by molar-refractivity contribution is -0.135. The Hall–Kier alpha value is -0.970. The third kappa shape index (κ3) is 3.56. The van der Waals surface area contributed by atoms with Crippen LogP contribution < -0.4 is 10.6 Å². The van der Waals surface area contributed by atoms with E-state index in [-0.39, 0.29) is 6.54 Å². The van der Waals surface area contributed by atoms with Crippen LogP contribution in [0.15, 0.2) is 18.2 Å². The summed E-state index contributed by atoms with van der Waals surface area (Å²) in [5.41, 5.74) is 6.04. The molecule has 0 fully saturated rings. The van der Waals surface area contributed by atoms with E-state index in [9.17, 15) is 4.79 Å². The Labute approximate surface area is 104 Å². The highest BCUT2D eigenvalue weighted by atomic mass is 35.5. The molecule has 3 N–H and O–H groups in total. The number of aliphatic carboxylic acids is 1. The fourth-order valence-corrected chi connectivity index (χ4v) is 1.87. The molecule has 0 saturated carbocycles. The molecule has 4 nitrogen and oxygen atoms in total. The summed E-state index contributed by atoms with van der Waals surface area (Å²) in [6.45, 7) is 0.637. The number of halogens is 2. The highest BCUT2D eigenvalue weighted by Crippen LogP contribution is 2.28. The molecular weight excluding hydrogens is 251 g/mol. The average molecular weight is 263 g/mol. The summed E-state index contributed by atoms with van der Waals surface area (Å²) in [5.74, 6) is -0.931. The van der Waals surface area contributed by atoms with Gasteiger partial charge < -0.3 is 15.7 Å². The van der Waals surface area contributed by atoms with Gasteiger partial charge in [-0.3, -0.25) is 4.79 Å². The van der Waals surface area contributed by atoms with Crippen molar-refractivity contribution >= 4 is 34.9 Å². The van der Waals surface area contributed by atoms with Gasteiger partial charge in [0, 0.05) is 18.1 Å². The molecule has 0 amide bonds. The van der Waals surface area contributed by atoms with Crippen LogP contribution in [0, 0.1) is 0 Å². The number of hydrogen-bond donors (Lipinski definition) is 2. The first kappa shape index (κ1) is 13.1. The van der Waals surface area contributed by atoms with Gasteiger partial charge in [-0.05, 0) is 18.2 Å². The summed E-state index contributed by atoms with van der Waals surface area (Å²) >= 11 is 11.7. The SMILES string of the molecule is NCCN(CC(=O)O)c1ccc(Cl)cc1Cl. The Morgan fingerprint density at radius 3 is 2.62 bits per heavy atom. The number of anilines is 1. The van der Waals surface area contributed by atoms with Crippen molar-refractivity contribution in [3.05, 3.63) is 28.2 Å². The molecule has 0 saturated heterocycles. The lowest BCUT2D eigenvalue weighted by Crippen LogP contribution is -2.34. The fraction of sp³-hybridized carbons (Fsp3) is 0.300.